The van der Waals surface area contributed by atoms with E-state index in [1.807, 2.05) is 19.2 Å². The highest BCUT2D eigenvalue weighted by atomic mass is 19.1. The lowest BCUT2D eigenvalue weighted by Crippen LogP contribution is -2.19. The molecule has 0 saturated carbocycles. The first kappa shape index (κ1) is 14.2. The Morgan fingerprint density at radius 2 is 1.71 bits per heavy atom. The van der Waals surface area contributed by atoms with Gasteiger partial charge in [0.05, 0.1) is 0 Å². The van der Waals surface area contributed by atoms with Gasteiger partial charge in [0.2, 0.25) is 0 Å². The van der Waals surface area contributed by atoms with Gasteiger partial charge in [0.25, 0.3) is 0 Å². The summed E-state index contributed by atoms with van der Waals surface area (Å²) in [6.45, 7) is 3.98. The van der Waals surface area contributed by atoms with Gasteiger partial charge in [-0.2, -0.15) is 0 Å². The number of rotatable bonds is 5. The van der Waals surface area contributed by atoms with E-state index in [1.165, 1.54) is 34.4 Å². The predicted octanol–water partition coefficient (Wildman–Crippen LogP) is 3.10. The fraction of sp³-hybridized carbons (Fsp3) is 0.333. The van der Waals surface area contributed by atoms with Crippen LogP contribution in [0.15, 0.2) is 42.5 Å². The third kappa shape index (κ3) is 3.49. The molecule has 0 saturated heterocycles. The molecule has 0 bridgehead atoms. The van der Waals surface area contributed by atoms with E-state index in [-0.39, 0.29) is 5.82 Å². The van der Waals surface area contributed by atoms with Gasteiger partial charge in [0.1, 0.15) is 5.82 Å². The summed E-state index contributed by atoms with van der Waals surface area (Å²) in [6, 6.07) is 13.6. The number of hydrogen-bond donors (Lipinski definition) is 1. The second-order valence-corrected chi connectivity index (χ2v) is 5.72. The molecule has 1 aliphatic rings. The molecule has 3 heteroatoms. The summed E-state index contributed by atoms with van der Waals surface area (Å²) in [5.41, 5.74) is 5.43. The highest BCUT2D eigenvalue weighted by Crippen LogP contribution is 2.24. The van der Waals surface area contributed by atoms with E-state index >= 15 is 0 Å². The van der Waals surface area contributed by atoms with Gasteiger partial charge in [-0.25, -0.2) is 4.39 Å². The van der Waals surface area contributed by atoms with Crippen LogP contribution in [0, 0.1) is 5.82 Å². The number of fused-ring (bicyclic) bond motifs is 1. The zero-order valence-electron chi connectivity index (χ0n) is 12.4. The van der Waals surface area contributed by atoms with Gasteiger partial charge in [-0.15, -0.1) is 0 Å². The normalized spacial score (nSPS) is 14.4. The van der Waals surface area contributed by atoms with E-state index in [0.29, 0.717) is 0 Å². The van der Waals surface area contributed by atoms with Crippen molar-refractivity contribution < 1.29 is 4.39 Å². The summed E-state index contributed by atoms with van der Waals surface area (Å²) >= 11 is 0. The summed E-state index contributed by atoms with van der Waals surface area (Å²) in [5.74, 6) is -0.163. The molecule has 0 radical (unpaired) electrons. The predicted molar refractivity (Wildman–Crippen MR) is 83.4 cm³/mol. The Bertz CT molecular complexity index is 607. The molecule has 0 atom stereocenters. The largest absolute Gasteiger partial charge is 0.316 e. The minimum absolute atomic E-state index is 0.163. The quantitative estimate of drug-likeness (QED) is 0.907. The minimum atomic E-state index is -0.163. The fourth-order valence-corrected chi connectivity index (χ4v) is 2.93. The smallest absolute Gasteiger partial charge is 0.123 e. The lowest BCUT2D eigenvalue weighted by Gasteiger charge is -2.14. The van der Waals surface area contributed by atoms with E-state index < -0.39 is 0 Å². The number of halogens is 1. The van der Waals surface area contributed by atoms with Crippen molar-refractivity contribution in [2.24, 2.45) is 0 Å². The molecule has 2 nitrogen and oxygen atoms in total. The molecule has 2 aromatic rings. The minimum Gasteiger partial charge on any atom is -0.316 e. The molecule has 3 rings (SSSR count). The van der Waals surface area contributed by atoms with Crippen LogP contribution in [0.1, 0.15) is 22.3 Å². The zero-order chi connectivity index (χ0) is 14.7. The van der Waals surface area contributed by atoms with Crippen LogP contribution < -0.4 is 5.32 Å². The van der Waals surface area contributed by atoms with Crippen molar-refractivity contribution in [2.75, 3.05) is 13.6 Å². The Morgan fingerprint density at radius 1 is 1.00 bits per heavy atom. The molecular formula is C18H21FN2. The van der Waals surface area contributed by atoms with Crippen LogP contribution in [0.4, 0.5) is 4.39 Å². The van der Waals surface area contributed by atoms with Crippen LogP contribution in [0.2, 0.25) is 0 Å². The molecule has 1 heterocycles. The maximum Gasteiger partial charge on any atom is 0.123 e. The number of hydrogen-bond acceptors (Lipinski definition) is 2. The highest BCUT2D eigenvalue weighted by molar-refractivity contribution is 5.34. The first-order valence-corrected chi connectivity index (χ1v) is 7.46. The molecule has 0 aromatic heterocycles. The van der Waals surface area contributed by atoms with Gasteiger partial charge in [-0.3, -0.25) is 4.90 Å². The number of benzene rings is 2. The van der Waals surface area contributed by atoms with Gasteiger partial charge >= 0.3 is 0 Å². The molecule has 0 spiro atoms. The highest BCUT2D eigenvalue weighted by Gasteiger charge is 2.18. The second kappa shape index (κ2) is 6.37. The Hall–Kier alpha value is -1.71. The van der Waals surface area contributed by atoms with Gasteiger partial charge in [-0.05, 0) is 47.9 Å². The molecule has 0 aliphatic carbocycles. The number of nitrogens with one attached hydrogen (secondary N) is 1. The average Bonchev–Trinajstić information content (AvgIpc) is 2.89. The van der Waals surface area contributed by atoms with Crippen LogP contribution in [0.3, 0.4) is 0 Å². The average molecular weight is 284 g/mol. The van der Waals surface area contributed by atoms with E-state index in [9.17, 15) is 4.39 Å². The van der Waals surface area contributed by atoms with E-state index in [4.69, 9.17) is 0 Å². The molecule has 2 aromatic carbocycles. The third-order valence-electron chi connectivity index (χ3n) is 4.07. The van der Waals surface area contributed by atoms with Gasteiger partial charge in [0.15, 0.2) is 0 Å². The summed E-state index contributed by atoms with van der Waals surface area (Å²) in [4.78, 5) is 2.46. The van der Waals surface area contributed by atoms with Crippen molar-refractivity contribution in [3.05, 3.63) is 70.5 Å². The first-order chi connectivity index (χ1) is 10.2. The van der Waals surface area contributed by atoms with Crippen molar-refractivity contribution in [3.63, 3.8) is 0 Å². The van der Waals surface area contributed by atoms with Crippen LogP contribution in [-0.2, 0) is 26.1 Å². The van der Waals surface area contributed by atoms with Gasteiger partial charge in [0, 0.05) is 26.2 Å². The van der Waals surface area contributed by atoms with Crippen molar-refractivity contribution in [1.82, 2.24) is 10.2 Å². The Morgan fingerprint density at radius 3 is 2.48 bits per heavy atom. The van der Waals surface area contributed by atoms with E-state index in [2.05, 4.69) is 28.4 Å². The maximum atomic E-state index is 12.9. The molecule has 21 heavy (non-hydrogen) atoms. The first-order valence-electron chi connectivity index (χ1n) is 7.46. The van der Waals surface area contributed by atoms with Crippen LogP contribution in [0.25, 0.3) is 0 Å². The SMILES string of the molecule is CNCc1ccc2c(c1)CN(CCc1ccc(F)cc1)C2. The van der Waals surface area contributed by atoms with E-state index in [1.54, 1.807) is 0 Å². The topological polar surface area (TPSA) is 15.3 Å². The lowest BCUT2D eigenvalue weighted by molar-refractivity contribution is 0.288. The van der Waals surface area contributed by atoms with Crippen LogP contribution in [-0.4, -0.2) is 18.5 Å². The third-order valence-corrected chi connectivity index (χ3v) is 4.07. The Kier molecular flexibility index (Phi) is 4.32. The van der Waals surface area contributed by atoms with Gasteiger partial charge < -0.3 is 5.32 Å². The van der Waals surface area contributed by atoms with Crippen molar-refractivity contribution >= 4 is 0 Å². The lowest BCUT2D eigenvalue weighted by atomic mass is 10.1. The van der Waals surface area contributed by atoms with Crippen molar-refractivity contribution in [2.45, 2.75) is 26.1 Å². The van der Waals surface area contributed by atoms with Crippen LogP contribution >= 0.6 is 0 Å². The molecule has 110 valence electrons. The standard InChI is InChI=1S/C18H21FN2/c1-20-11-15-2-5-16-12-21(13-17(16)10-15)9-8-14-3-6-18(19)7-4-14/h2-7,10,20H,8-9,11-13H2,1H3. The summed E-state index contributed by atoms with van der Waals surface area (Å²) in [5, 5.41) is 3.19. The number of nitrogens with zero attached hydrogens (tertiary/aromatic N) is 1. The van der Waals surface area contributed by atoms with Crippen molar-refractivity contribution in [3.8, 4) is 0 Å². The molecule has 1 N–H and O–H groups in total. The van der Waals surface area contributed by atoms with Crippen LogP contribution in [0.5, 0.6) is 0 Å². The summed E-state index contributed by atoms with van der Waals surface area (Å²) in [6.07, 6.45) is 0.970. The Labute approximate surface area is 125 Å². The van der Waals surface area contributed by atoms with E-state index in [0.717, 1.165) is 32.6 Å². The zero-order valence-corrected chi connectivity index (χ0v) is 12.4. The fourth-order valence-electron chi connectivity index (χ4n) is 2.93. The monoisotopic (exact) mass is 284 g/mol. The molecular weight excluding hydrogens is 263 g/mol. The van der Waals surface area contributed by atoms with Gasteiger partial charge in [-0.1, -0.05) is 30.3 Å². The summed E-state index contributed by atoms with van der Waals surface area (Å²) < 4.78 is 12.9. The molecule has 0 amide bonds. The maximum absolute atomic E-state index is 12.9. The van der Waals surface area contributed by atoms with Crippen molar-refractivity contribution in [1.29, 1.82) is 0 Å². The molecule has 0 fully saturated rings. The second-order valence-electron chi connectivity index (χ2n) is 5.72. The molecule has 0 unspecified atom stereocenters. The molecule has 1 aliphatic heterocycles. The summed E-state index contributed by atoms with van der Waals surface area (Å²) in [7, 11) is 1.97. The Balaban J connectivity index is 1.58.